The summed E-state index contributed by atoms with van der Waals surface area (Å²) in [5.74, 6) is -0.760. The van der Waals surface area contributed by atoms with Crippen LogP contribution in [0.1, 0.15) is 29.2 Å². The van der Waals surface area contributed by atoms with Gasteiger partial charge in [0.05, 0.1) is 12.3 Å². The zero-order valence-electron chi connectivity index (χ0n) is 14.3. The van der Waals surface area contributed by atoms with E-state index in [4.69, 9.17) is 0 Å². The fourth-order valence-corrected chi connectivity index (χ4v) is 3.30. The Morgan fingerprint density at radius 3 is 2.16 bits per heavy atom. The second kappa shape index (κ2) is 7.76. The predicted octanol–water partition coefficient (Wildman–Crippen LogP) is 3.06. The number of amides is 1. The number of nitrogens with one attached hydrogen (secondary N) is 2. The van der Waals surface area contributed by atoms with Crippen molar-refractivity contribution in [3.63, 3.8) is 0 Å². The van der Waals surface area contributed by atoms with Gasteiger partial charge in [0.15, 0.2) is 0 Å². The lowest BCUT2D eigenvalue weighted by Gasteiger charge is -2.19. The molecule has 2 rings (SSSR count). The van der Waals surface area contributed by atoms with Crippen LogP contribution in [0.2, 0.25) is 0 Å². The maximum absolute atomic E-state index is 13.1. The fourth-order valence-electron chi connectivity index (χ4n) is 2.57. The zero-order chi connectivity index (χ0) is 18.6. The number of hydrogen-bond acceptors (Lipinski definition) is 3. The molecule has 0 aliphatic rings. The van der Waals surface area contributed by atoms with Crippen LogP contribution in [0.25, 0.3) is 0 Å². The van der Waals surface area contributed by atoms with Crippen molar-refractivity contribution in [2.24, 2.45) is 0 Å². The van der Waals surface area contributed by atoms with E-state index in [2.05, 4.69) is 10.0 Å². The van der Waals surface area contributed by atoms with Gasteiger partial charge in [0.25, 0.3) is 0 Å². The molecule has 7 heteroatoms. The Hall–Kier alpha value is -2.25. The molecule has 2 N–H and O–H groups in total. The van der Waals surface area contributed by atoms with Crippen molar-refractivity contribution in [2.45, 2.75) is 26.3 Å². The molecule has 0 unspecified atom stereocenters. The third-order valence-corrected chi connectivity index (χ3v) is 4.48. The normalized spacial score (nSPS) is 12.6. The van der Waals surface area contributed by atoms with E-state index >= 15 is 0 Å². The van der Waals surface area contributed by atoms with E-state index in [1.807, 2.05) is 32.0 Å². The molecule has 2 aromatic carbocycles. The summed E-state index contributed by atoms with van der Waals surface area (Å²) in [7, 11) is -3.54. The Bertz CT molecular complexity index is 844. The summed E-state index contributed by atoms with van der Waals surface area (Å²) in [5.41, 5.74) is 3.07. The van der Waals surface area contributed by atoms with Gasteiger partial charge < -0.3 is 5.32 Å². The molecule has 25 heavy (non-hydrogen) atoms. The van der Waals surface area contributed by atoms with Gasteiger partial charge in [-0.2, -0.15) is 0 Å². The number of halogens is 1. The van der Waals surface area contributed by atoms with Crippen LogP contribution in [-0.2, 0) is 14.8 Å². The smallest absolute Gasteiger partial charge is 0.226 e. The number of carbonyl (C=O) groups is 1. The maximum atomic E-state index is 13.1. The Morgan fingerprint density at radius 2 is 1.64 bits per heavy atom. The molecule has 0 saturated heterocycles. The molecule has 0 radical (unpaired) electrons. The van der Waals surface area contributed by atoms with E-state index in [1.54, 1.807) is 0 Å². The van der Waals surface area contributed by atoms with Gasteiger partial charge in [0, 0.05) is 12.1 Å². The van der Waals surface area contributed by atoms with Crippen molar-refractivity contribution >= 4 is 21.6 Å². The molecule has 0 saturated carbocycles. The predicted molar refractivity (Wildman–Crippen MR) is 96.3 cm³/mol. The van der Waals surface area contributed by atoms with E-state index in [0.717, 1.165) is 17.4 Å². The molecule has 1 atom stereocenters. The minimum atomic E-state index is -3.54. The highest BCUT2D eigenvalue weighted by Gasteiger charge is 2.20. The maximum Gasteiger partial charge on any atom is 0.226 e. The topological polar surface area (TPSA) is 75.3 Å². The second-order valence-electron chi connectivity index (χ2n) is 6.01. The van der Waals surface area contributed by atoms with Crippen molar-refractivity contribution < 1.29 is 17.6 Å². The Labute approximate surface area is 147 Å². The SMILES string of the molecule is Cc1cccc(C)c1NC(=O)C[C@@H](NS(C)(=O)=O)c1ccc(F)cc1. The number of rotatable bonds is 6. The molecule has 0 fully saturated rings. The minimum Gasteiger partial charge on any atom is -0.326 e. The molecular formula is C18H21FN2O3S. The van der Waals surface area contributed by atoms with Crippen LogP contribution < -0.4 is 10.0 Å². The third kappa shape index (κ3) is 5.65. The standard InChI is InChI=1S/C18H21FN2O3S/c1-12-5-4-6-13(2)18(12)20-17(22)11-16(21-25(3,23)24)14-7-9-15(19)10-8-14/h4-10,16,21H,11H2,1-3H3,(H,20,22)/t16-/m1/s1. The van der Waals surface area contributed by atoms with Crippen LogP contribution in [0.5, 0.6) is 0 Å². The Morgan fingerprint density at radius 1 is 1.08 bits per heavy atom. The molecule has 0 aliphatic heterocycles. The molecule has 0 bridgehead atoms. The van der Waals surface area contributed by atoms with Gasteiger partial charge in [-0.25, -0.2) is 17.5 Å². The number of benzene rings is 2. The summed E-state index contributed by atoms with van der Waals surface area (Å²) in [5, 5.41) is 2.83. The zero-order valence-corrected chi connectivity index (χ0v) is 15.2. The summed E-state index contributed by atoms with van der Waals surface area (Å²) in [6.07, 6.45) is 0.916. The summed E-state index contributed by atoms with van der Waals surface area (Å²) < 4.78 is 38.8. The van der Waals surface area contributed by atoms with E-state index in [9.17, 15) is 17.6 Å². The van der Waals surface area contributed by atoms with Gasteiger partial charge in [0.1, 0.15) is 5.82 Å². The summed E-state index contributed by atoms with van der Waals surface area (Å²) in [6.45, 7) is 3.77. The molecular weight excluding hydrogens is 343 g/mol. The van der Waals surface area contributed by atoms with Crippen molar-refractivity contribution in [2.75, 3.05) is 11.6 Å². The van der Waals surface area contributed by atoms with Gasteiger partial charge >= 0.3 is 0 Å². The van der Waals surface area contributed by atoms with E-state index in [-0.39, 0.29) is 12.3 Å². The molecule has 0 aromatic heterocycles. The molecule has 5 nitrogen and oxygen atoms in total. The lowest BCUT2D eigenvalue weighted by Crippen LogP contribution is -2.31. The van der Waals surface area contributed by atoms with Crippen LogP contribution in [-0.4, -0.2) is 20.6 Å². The molecule has 1 amide bonds. The number of anilines is 1. The quantitative estimate of drug-likeness (QED) is 0.827. The lowest BCUT2D eigenvalue weighted by atomic mass is 10.0. The van der Waals surface area contributed by atoms with Gasteiger partial charge in [-0.15, -0.1) is 0 Å². The van der Waals surface area contributed by atoms with E-state index in [0.29, 0.717) is 11.3 Å². The van der Waals surface area contributed by atoms with Crippen LogP contribution in [0.3, 0.4) is 0 Å². The van der Waals surface area contributed by atoms with Gasteiger partial charge in [-0.3, -0.25) is 4.79 Å². The number of hydrogen-bond donors (Lipinski definition) is 2. The Kier molecular flexibility index (Phi) is 5.92. The minimum absolute atomic E-state index is 0.105. The van der Waals surface area contributed by atoms with Crippen molar-refractivity contribution in [3.05, 3.63) is 65.0 Å². The molecule has 2 aromatic rings. The lowest BCUT2D eigenvalue weighted by molar-refractivity contribution is -0.116. The number of sulfonamides is 1. The number of aryl methyl sites for hydroxylation is 2. The molecule has 0 spiro atoms. The van der Waals surface area contributed by atoms with Crippen molar-refractivity contribution in [3.8, 4) is 0 Å². The van der Waals surface area contributed by atoms with E-state index in [1.165, 1.54) is 24.3 Å². The van der Waals surface area contributed by atoms with E-state index < -0.39 is 21.9 Å². The molecule has 0 heterocycles. The highest BCUT2D eigenvalue weighted by molar-refractivity contribution is 7.88. The Balaban J connectivity index is 2.21. The highest BCUT2D eigenvalue weighted by atomic mass is 32.2. The first-order chi connectivity index (χ1) is 11.7. The van der Waals surface area contributed by atoms with Gasteiger partial charge in [-0.05, 0) is 42.7 Å². The highest BCUT2D eigenvalue weighted by Crippen LogP contribution is 2.22. The van der Waals surface area contributed by atoms with Crippen LogP contribution >= 0.6 is 0 Å². The largest absolute Gasteiger partial charge is 0.326 e. The van der Waals surface area contributed by atoms with Crippen LogP contribution in [0, 0.1) is 19.7 Å². The number of para-hydroxylation sites is 1. The van der Waals surface area contributed by atoms with Gasteiger partial charge in [-0.1, -0.05) is 30.3 Å². The average Bonchev–Trinajstić information content (AvgIpc) is 2.50. The second-order valence-corrected chi connectivity index (χ2v) is 7.79. The fraction of sp³-hybridized carbons (Fsp3) is 0.278. The molecule has 134 valence electrons. The van der Waals surface area contributed by atoms with Gasteiger partial charge in [0.2, 0.25) is 15.9 Å². The summed E-state index contributed by atoms with van der Waals surface area (Å²) in [4.78, 5) is 12.4. The first-order valence-electron chi connectivity index (χ1n) is 7.74. The summed E-state index contributed by atoms with van der Waals surface area (Å²) in [6, 6.07) is 10.3. The monoisotopic (exact) mass is 364 g/mol. The third-order valence-electron chi connectivity index (χ3n) is 3.76. The summed E-state index contributed by atoms with van der Waals surface area (Å²) >= 11 is 0. The van der Waals surface area contributed by atoms with Crippen molar-refractivity contribution in [1.82, 2.24) is 4.72 Å². The molecule has 0 aliphatic carbocycles. The average molecular weight is 364 g/mol. The van der Waals surface area contributed by atoms with Crippen molar-refractivity contribution in [1.29, 1.82) is 0 Å². The number of carbonyl (C=O) groups excluding carboxylic acids is 1. The first kappa shape index (κ1) is 19.1. The first-order valence-corrected chi connectivity index (χ1v) is 9.63. The van der Waals surface area contributed by atoms with Crippen LogP contribution in [0.15, 0.2) is 42.5 Å². The van der Waals surface area contributed by atoms with Crippen LogP contribution in [0.4, 0.5) is 10.1 Å².